The molecule has 0 saturated carbocycles. The quantitative estimate of drug-likeness (QED) is 0.784. The van der Waals surface area contributed by atoms with Gasteiger partial charge in [-0.15, -0.1) is 0 Å². The zero-order valence-corrected chi connectivity index (χ0v) is 17.0. The summed E-state index contributed by atoms with van der Waals surface area (Å²) < 4.78 is 27.2. The standard InChI is InChI=1S/C18H28N4O4S/c1-13(16(23)20-17(19)24)21-9-11-22(12-10-21)27(25,26)15-7-5-14(6-8-15)18(2,3)4/h5-8,13H,9-12H2,1-4H3,(H3,19,20,23,24). The van der Waals surface area contributed by atoms with E-state index in [4.69, 9.17) is 5.73 Å². The van der Waals surface area contributed by atoms with Gasteiger partial charge in [0.05, 0.1) is 10.9 Å². The van der Waals surface area contributed by atoms with Crippen molar-refractivity contribution >= 4 is 22.0 Å². The smallest absolute Gasteiger partial charge is 0.318 e. The van der Waals surface area contributed by atoms with Crippen molar-refractivity contribution in [1.82, 2.24) is 14.5 Å². The third-order valence-corrected chi connectivity index (χ3v) is 6.72. The highest BCUT2D eigenvalue weighted by Gasteiger charge is 2.32. The lowest BCUT2D eigenvalue weighted by Crippen LogP contribution is -2.55. The van der Waals surface area contributed by atoms with Crippen LogP contribution in [-0.2, 0) is 20.2 Å². The van der Waals surface area contributed by atoms with Crippen molar-refractivity contribution in [3.63, 3.8) is 0 Å². The van der Waals surface area contributed by atoms with Crippen molar-refractivity contribution in [3.05, 3.63) is 29.8 Å². The van der Waals surface area contributed by atoms with Crippen molar-refractivity contribution in [2.75, 3.05) is 26.2 Å². The summed E-state index contributed by atoms with van der Waals surface area (Å²) in [6.45, 7) is 9.23. The molecular formula is C18H28N4O4S. The van der Waals surface area contributed by atoms with Crippen LogP contribution in [0.5, 0.6) is 0 Å². The molecule has 1 aromatic rings. The number of rotatable bonds is 4. The topological polar surface area (TPSA) is 113 Å². The Kier molecular flexibility index (Phi) is 6.28. The average Bonchev–Trinajstić information content (AvgIpc) is 2.60. The zero-order chi connectivity index (χ0) is 20.4. The van der Waals surface area contributed by atoms with E-state index in [1.165, 1.54) is 4.31 Å². The Hall–Kier alpha value is -1.97. The van der Waals surface area contributed by atoms with Gasteiger partial charge in [-0.05, 0) is 30.0 Å². The van der Waals surface area contributed by atoms with Crippen LogP contribution in [0.3, 0.4) is 0 Å². The van der Waals surface area contributed by atoms with Gasteiger partial charge in [0, 0.05) is 26.2 Å². The first kappa shape index (κ1) is 21.3. The van der Waals surface area contributed by atoms with E-state index in [2.05, 4.69) is 26.1 Å². The highest BCUT2D eigenvalue weighted by atomic mass is 32.2. The number of carbonyl (C=O) groups excluding carboxylic acids is 2. The van der Waals surface area contributed by atoms with Crippen LogP contribution >= 0.6 is 0 Å². The van der Waals surface area contributed by atoms with Crippen LogP contribution in [0.15, 0.2) is 29.2 Å². The van der Waals surface area contributed by atoms with Gasteiger partial charge in [0.1, 0.15) is 0 Å². The third kappa shape index (κ3) is 5.06. The second kappa shape index (κ2) is 7.95. The first-order valence-corrected chi connectivity index (χ1v) is 10.3. The van der Waals surface area contributed by atoms with E-state index in [-0.39, 0.29) is 23.4 Å². The van der Waals surface area contributed by atoms with E-state index in [1.54, 1.807) is 19.1 Å². The van der Waals surface area contributed by atoms with E-state index in [0.717, 1.165) is 5.56 Å². The SMILES string of the molecule is CC(C(=O)NC(N)=O)N1CCN(S(=O)(=O)c2ccc(C(C)(C)C)cc2)CC1. The number of urea groups is 1. The molecule has 1 atom stereocenters. The van der Waals surface area contributed by atoms with Gasteiger partial charge < -0.3 is 5.73 Å². The van der Waals surface area contributed by atoms with Gasteiger partial charge in [-0.1, -0.05) is 32.9 Å². The maximum atomic E-state index is 12.9. The largest absolute Gasteiger partial charge is 0.351 e. The first-order valence-electron chi connectivity index (χ1n) is 8.88. The number of hydrogen-bond donors (Lipinski definition) is 2. The van der Waals surface area contributed by atoms with Crippen LogP contribution in [0.1, 0.15) is 33.3 Å². The summed E-state index contributed by atoms with van der Waals surface area (Å²) in [5.74, 6) is -0.489. The summed E-state index contributed by atoms with van der Waals surface area (Å²) in [6, 6.07) is 5.52. The second-order valence-corrected chi connectivity index (χ2v) is 9.68. The predicted molar refractivity (Wildman–Crippen MR) is 103 cm³/mol. The van der Waals surface area contributed by atoms with Crippen molar-refractivity contribution in [3.8, 4) is 0 Å². The molecular weight excluding hydrogens is 368 g/mol. The fourth-order valence-corrected chi connectivity index (χ4v) is 4.42. The monoisotopic (exact) mass is 396 g/mol. The number of hydrogen-bond acceptors (Lipinski definition) is 5. The fraction of sp³-hybridized carbons (Fsp3) is 0.556. The van der Waals surface area contributed by atoms with Crippen LogP contribution < -0.4 is 11.1 Å². The summed E-state index contributed by atoms with van der Waals surface area (Å²) in [5.41, 5.74) is 5.99. The van der Waals surface area contributed by atoms with Crippen LogP contribution in [0.4, 0.5) is 4.79 Å². The number of carbonyl (C=O) groups is 2. The van der Waals surface area contributed by atoms with Gasteiger partial charge in [0.2, 0.25) is 15.9 Å². The lowest BCUT2D eigenvalue weighted by Gasteiger charge is -2.36. The molecule has 1 fully saturated rings. The molecule has 1 saturated heterocycles. The third-order valence-electron chi connectivity index (χ3n) is 4.80. The molecule has 1 aliphatic heterocycles. The van der Waals surface area contributed by atoms with Crippen molar-refractivity contribution < 1.29 is 18.0 Å². The Morgan fingerprint density at radius 2 is 1.59 bits per heavy atom. The van der Waals surface area contributed by atoms with Crippen LogP contribution in [0.25, 0.3) is 0 Å². The molecule has 1 unspecified atom stereocenters. The van der Waals surface area contributed by atoms with E-state index < -0.39 is 28.0 Å². The van der Waals surface area contributed by atoms with Gasteiger partial charge in [-0.25, -0.2) is 13.2 Å². The minimum atomic E-state index is -3.58. The van der Waals surface area contributed by atoms with E-state index >= 15 is 0 Å². The summed E-state index contributed by atoms with van der Waals surface area (Å²) >= 11 is 0. The van der Waals surface area contributed by atoms with Crippen LogP contribution in [0.2, 0.25) is 0 Å². The number of nitrogens with two attached hydrogens (primary N) is 1. The molecule has 0 spiro atoms. The summed E-state index contributed by atoms with van der Waals surface area (Å²) in [6.07, 6.45) is 0. The highest BCUT2D eigenvalue weighted by Crippen LogP contribution is 2.25. The minimum Gasteiger partial charge on any atom is -0.351 e. The van der Waals surface area contributed by atoms with Gasteiger partial charge in [0.25, 0.3) is 0 Å². The number of nitrogens with one attached hydrogen (secondary N) is 1. The summed E-state index contributed by atoms with van der Waals surface area (Å²) in [7, 11) is -3.58. The molecule has 1 heterocycles. The highest BCUT2D eigenvalue weighted by molar-refractivity contribution is 7.89. The van der Waals surface area contributed by atoms with Gasteiger partial charge in [0.15, 0.2) is 0 Å². The molecule has 8 nitrogen and oxygen atoms in total. The molecule has 9 heteroatoms. The van der Waals surface area contributed by atoms with E-state index in [9.17, 15) is 18.0 Å². The zero-order valence-electron chi connectivity index (χ0n) is 16.2. The Balaban J connectivity index is 2.04. The van der Waals surface area contributed by atoms with Crippen LogP contribution in [-0.4, -0.2) is 61.8 Å². The maximum Gasteiger partial charge on any atom is 0.318 e. The number of nitrogens with zero attached hydrogens (tertiary/aromatic N) is 2. The lowest BCUT2D eigenvalue weighted by molar-refractivity contribution is -0.125. The number of piperazine rings is 1. The first-order chi connectivity index (χ1) is 12.4. The van der Waals surface area contributed by atoms with Gasteiger partial charge in [-0.3, -0.25) is 15.0 Å². The van der Waals surface area contributed by atoms with Gasteiger partial charge in [-0.2, -0.15) is 4.31 Å². The molecule has 0 bridgehead atoms. The van der Waals surface area contributed by atoms with E-state index in [1.807, 2.05) is 17.0 Å². The predicted octanol–water partition coefficient (Wildman–Crippen LogP) is 0.874. The average molecular weight is 397 g/mol. The van der Waals surface area contributed by atoms with Crippen molar-refractivity contribution in [2.45, 2.75) is 44.0 Å². The number of imide groups is 1. The minimum absolute atomic E-state index is 0.0461. The Labute approximate surface area is 160 Å². The molecule has 3 N–H and O–H groups in total. The molecule has 1 aliphatic rings. The normalized spacial score (nSPS) is 18.1. The Morgan fingerprint density at radius 1 is 1.07 bits per heavy atom. The van der Waals surface area contributed by atoms with E-state index in [0.29, 0.717) is 13.1 Å². The Bertz CT molecular complexity index is 792. The number of primary amides is 1. The lowest BCUT2D eigenvalue weighted by atomic mass is 9.87. The molecule has 2 rings (SSSR count). The van der Waals surface area contributed by atoms with Gasteiger partial charge >= 0.3 is 6.03 Å². The van der Waals surface area contributed by atoms with Crippen molar-refractivity contribution in [2.24, 2.45) is 5.73 Å². The number of benzene rings is 1. The second-order valence-electron chi connectivity index (χ2n) is 7.74. The van der Waals surface area contributed by atoms with Crippen molar-refractivity contribution in [1.29, 1.82) is 0 Å². The Morgan fingerprint density at radius 3 is 2.04 bits per heavy atom. The molecule has 150 valence electrons. The summed E-state index contributed by atoms with van der Waals surface area (Å²) in [4.78, 5) is 24.8. The molecule has 0 aromatic heterocycles. The molecule has 1 aromatic carbocycles. The fourth-order valence-electron chi connectivity index (χ4n) is 3.00. The summed E-state index contributed by atoms with van der Waals surface area (Å²) in [5, 5.41) is 2.05. The number of amides is 3. The number of sulfonamides is 1. The molecule has 3 amide bonds. The maximum absolute atomic E-state index is 12.9. The van der Waals surface area contributed by atoms with Crippen LogP contribution in [0, 0.1) is 0 Å². The molecule has 0 aliphatic carbocycles. The molecule has 0 radical (unpaired) electrons. The molecule has 27 heavy (non-hydrogen) atoms.